The van der Waals surface area contributed by atoms with Gasteiger partial charge in [-0.2, -0.15) is 5.10 Å². The minimum Gasteiger partial charge on any atom is -0.393 e. The number of aliphatic hydroxyl groups is 1. The van der Waals surface area contributed by atoms with Crippen LogP contribution < -0.4 is 10.6 Å². The second-order valence-corrected chi connectivity index (χ2v) is 6.08. The topological polar surface area (TPSA) is 96.2 Å². The van der Waals surface area contributed by atoms with Crippen LogP contribution in [-0.4, -0.2) is 39.4 Å². The van der Waals surface area contributed by atoms with Crippen molar-refractivity contribution < 1.29 is 14.7 Å². The second-order valence-electron chi connectivity index (χ2n) is 6.08. The van der Waals surface area contributed by atoms with Gasteiger partial charge in [0.25, 0.3) is 0 Å². The highest BCUT2D eigenvalue weighted by Crippen LogP contribution is 2.23. The van der Waals surface area contributed by atoms with E-state index in [9.17, 15) is 14.7 Å². The fraction of sp³-hybridized carbons (Fsp3) is 0.667. The summed E-state index contributed by atoms with van der Waals surface area (Å²) in [4.78, 5) is 23.6. The van der Waals surface area contributed by atoms with Crippen molar-refractivity contribution in [3.8, 4) is 0 Å². The minimum absolute atomic E-state index is 0.0363. The zero-order valence-corrected chi connectivity index (χ0v) is 13.1. The van der Waals surface area contributed by atoms with Crippen molar-refractivity contribution in [3.63, 3.8) is 0 Å². The predicted octanol–water partition coefficient (Wildman–Crippen LogP) is 1.07. The Hall–Kier alpha value is -1.89. The van der Waals surface area contributed by atoms with Gasteiger partial charge in [-0.25, -0.2) is 0 Å². The first-order valence-electron chi connectivity index (χ1n) is 7.78. The molecule has 0 spiro atoms. The lowest BCUT2D eigenvalue weighted by Crippen LogP contribution is -2.41. The van der Waals surface area contributed by atoms with E-state index in [4.69, 9.17) is 0 Å². The largest absolute Gasteiger partial charge is 0.393 e. The molecule has 22 heavy (non-hydrogen) atoms. The van der Waals surface area contributed by atoms with Crippen LogP contribution in [0.25, 0.3) is 0 Å². The maximum atomic E-state index is 11.8. The first-order valence-corrected chi connectivity index (χ1v) is 7.78. The van der Waals surface area contributed by atoms with Crippen LogP contribution in [-0.2, 0) is 9.59 Å². The zero-order chi connectivity index (χ0) is 16.1. The molecule has 1 aliphatic carbocycles. The number of nitrogens with zero attached hydrogens (tertiary/aromatic N) is 2. The Morgan fingerprint density at radius 1 is 1.36 bits per heavy atom. The van der Waals surface area contributed by atoms with Gasteiger partial charge in [-0.05, 0) is 26.7 Å². The van der Waals surface area contributed by atoms with E-state index in [0.29, 0.717) is 12.2 Å². The van der Waals surface area contributed by atoms with Gasteiger partial charge in [-0.1, -0.05) is 12.8 Å². The van der Waals surface area contributed by atoms with Crippen molar-refractivity contribution in [3.05, 3.63) is 12.4 Å². The van der Waals surface area contributed by atoms with E-state index in [0.717, 1.165) is 25.7 Å². The predicted molar refractivity (Wildman–Crippen MR) is 82.2 cm³/mol. The quantitative estimate of drug-likeness (QED) is 0.725. The molecular weight excluding hydrogens is 284 g/mol. The molecule has 0 unspecified atom stereocenters. The zero-order valence-electron chi connectivity index (χ0n) is 13.1. The van der Waals surface area contributed by atoms with Gasteiger partial charge >= 0.3 is 11.8 Å². The van der Waals surface area contributed by atoms with Crippen LogP contribution in [0.1, 0.15) is 45.6 Å². The van der Waals surface area contributed by atoms with Crippen LogP contribution in [0.15, 0.2) is 12.4 Å². The van der Waals surface area contributed by atoms with Crippen molar-refractivity contribution in [2.24, 2.45) is 5.92 Å². The highest BCUT2D eigenvalue weighted by molar-refractivity contribution is 6.39. The lowest BCUT2D eigenvalue weighted by atomic mass is 9.86. The van der Waals surface area contributed by atoms with Crippen molar-refractivity contribution in [2.75, 3.05) is 11.9 Å². The third kappa shape index (κ3) is 4.30. The molecule has 1 fully saturated rings. The molecule has 2 amide bonds. The molecule has 2 rings (SSSR count). The van der Waals surface area contributed by atoms with Crippen molar-refractivity contribution >= 4 is 17.5 Å². The molecular formula is C15H24N4O3. The molecule has 0 bridgehead atoms. The standard InChI is InChI=1S/C15H24N4O3/c1-10(2)19-9-12(8-17-19)18-15(22)14(21)16-7-11-5-3-4-6-13(11)20/h8-11,13,20H,3-7H2,1-2H3,(H,16,21)(H,18,22)/t11-,13-/m0/s1. The monoisotopic (exact) mass is 308 g/mol. The first-order chi connectivity index (χ1) is 10.5. The number of aromatic nitrogens is 2. The van der Waals surface area contributed by atoms with Gasteiger partial charge in [0.2, 0.25) is 0 Å². The summed E-state index contributed by atoms with van der Waals surface area (Å²) in [6, 6.07) is 0.187. The Morgan fingerprint density at radius 2 is 2.09 bits per heavy atom. The van der Waals surface area contributed by atoms with Gasteiger partial charge in [0.05, 0.1) is 18.0 Å². The van der Waals surface area contributed by atoms with E-state index < -0.39 is 11.8 Å². The van der Waals surface area contributed by atoms with Crippen molar-refractivity contribution in [2.45, 2.75) is 51.7 Å². The normalized spacial score (nSPS) is 21.6. The highest BCUT2D eigenvalue weighted by atomic mass is 16.3. The van der Waals surface area contributed by atoms with E-state index in [1.807, 2.05) is 13.8 Å². The number of rotatable bonds is 4. The summed E-state index contributed by atoms with van der Waals surface area (Å²) in [6.07, 6.45) is 6.52. The summed E-state index contributed by atoms with van der Waals surface area (Å²) in [5.41, 5.74) is 0.492. The van der Waals surface area contributed by atoms with E-state index in [-0.39, 0.29) is 18.1 Å². The minimum atomic E-state index is -0.714. The second kappa shape index (κ2) is 7.40. The molecule has 122 valence electrons. The fourth-order valence-corrected chi connectivity index (χ4v) is 2.60. The maximum absolute atomic E-state index is 11.8. The van der Waals surface area contributed by atoms with E-state index in [1.54, 1.807) is 10.9 Å². The fourth-order valence-electron chi connectivity index (χ4n) is 2.60. The average Bonchev–Trinajstić information content (AvgIpc) is 2.94. The van der Waals surface area contributed by atoms with Gasteiger partial charge in [0.1, 0.15) is 0 Å². The summed E-state index contributed by atoms with van der Waals surface area (Å²) < 4.78 is 1.70. The van der Waals surface area contributed by atoms with Crippen molar-refractivity contribution in [1.29, 1.82) is 0 Å². The molecule has 1 aromatic heterocycles. The molecule has 0 saturated heterocycles. The van der Waals surface area contributed by atoms with Crippen LogP contribution in [0.2, 0.25) is 0 Å². The Bertz CT molecular complexity index is 527. The first kappa shape index (κ1) is 16.5. The molecule has 0 aromatic carbocycles. The number of hydrogen-bond acceptors (Lipinski definition) is 4. The molecule has 7 nitrogen and oxygen atoms in total. The average molecular weight is 308 g/mol. The summed E-state index contributed by atoms with van der Waals surface area (Å²) in [7, 11) is 0. The number of amides is 2. The third-order valence-electron chi connectivity index (χ3n) is 3.99. The van der Waals surface area contributed by atoms with Gasteiger partial charge in [0, 0.05) is 24.7 Å². The van der Waals surface area contributed by atoms with Crippen LogP contribution >= 0.6 is 0 Å². The number of carbonyl (C=O) groups is 2. The van der Waals surface area contributed by atoms with Crippen LogP contribution in [0.4, 0.5) is 5.69 Å². The van der Waals surface area contributed by atoms with Crippen LogP contribution in [0.5, 0.6) is 0 Å². The number of hydrogen-bond donors (Lipinski definition) is 3. The number of carbonyl (C=O) groups excluding carboxylic acids is 2. The molecule has 7 heteroatoms. The number of aliphatic hydroxyl groups excluding tert-OH is 1. The van der Waals surface area contributed by atoms with Crippen molar-refractivity contribution in [1.82, 2.24) is 15.1 Å². The SMILES string of the molecule is CC(C)n1cc(NC(=O)C(=O)NC[C@@H]2CCCC[C@@H]2O)cn1. The number of anilines is 1. The third-order valence-corrected chi connectivity index (χ3v) is 3.99. The summed E-state index contributed by atoms with van der Waals surface area (Å²) in [5.74, 6) is -1.36. The lowest BCUT2D eigenvalue weighted by molar-refractivity contribution is -0.136. The van der Waals surface area contributed by atoms with Gasteiger partial charge in [0.15, 0.2) is 0 Å². The lowest BCUT2D eigenvalue weighted by Gasteiger charge is -2.27. The van der Waals surface area contributed by atoms with Gasteiger partial charge < -0.3 is 15.7 Å². The molecule has 1 saturated carbocycles. The Morgan fingerprint density at radius 3 is 2.73 bits per heavy atom. The Kier molecular flexibility index (Phi) is 5.54. The molecule has 3 N–H and O–H groups in total. The Balaban J connectivity index is 1.80. The van der Waals surface area contributed by atoms with E-state index in [1.165, 1.54) is 6.20 Å². The number of nitrogens with one attached hydrogen (secondary N) is 2. The van der Waals surface area contributed by atoms with E-state index in [2.05, 4.69) is 15.7 Å². The van der Waals surface area contributed by atoms with Crippen LogP contribution in [0, 0.1) is 5.92 Å². The van der Waals surface area contributed by atoms with Gasteiger partial charge in [-0.15, -0.1) is 0 Å². The van der Waals surface area contributed by atoms with Crippen LogP contribution in [0.3, 0.4) is 0 Å². The van der Waals surface area contributed by atoms with E-state index >= 15 is 0 Å². The Labute approximate surface area is 130 Å². The highest BCUT2D eigenvalue weighted by Gasteiger charge is 2.24. The molecule has 1 aliphatic rings. The molecule has 0 aliphatic heterocycles. The molecule has 0 radical (unpaired) electrons. The van der Waals surface area contributed by atoms with Gasteiger partial charge in [-0.3, -0.25) is 14.3 Å². The summed E-state index contributed by atoms with van der Waals surface area (Å²) >= 11 is 0. The smallest absolute Gasteiger partial charge is 0.313 e. The summed E-state index contributed by atoms with van der Waals surface area (Å²) in [5, 5.41) is 19.1. The molecule has 1 aromatic rings. The summed E-state index contributed by atoms with van der Waals surface area (Å²) in [6.45, 7) is 4.28. The maximum Gasteiger partial charge on any atom is 0.313 e. The molecule has 1 heterocycles. The molecule has 2 atom stereocenters.